The molecule has 4 N–H and O–H groups in total. The molecule has 2 rings (SSSR count). The van der Waals surface area contributed by atoms with Gasteiger partial charge in [-0.2, -0.15) is 0 Å². The van der Waals surface area contributed by atoms with E-state index in [0.29, 0.717) is 38.9 Å². The van der Waals surface area contributed by atoms with Crippen molar-refractivity contribution in [3.63, 3.8) is 0 Å². The van der Waals surface area contributed by atoms with Crippen LogP contribution in [0.2, 0.25) is 0 Å². The van der Waals surface area contributed by atoms with Crippen LogP contribution in [0.5, 0.6) is 0 Å². The molecule has 5 nitrogen and oxygen atoms in total. The maximum absolute atomic E-state index is 12.5. The number of benzene rings is 1. The molecule has 1 saturated heterocycles. The normalized spacial score (nSPS) is 17.5. The van der Waals surface area contributed by atoms with E-state index >= 15 is 0 Å². The van der Waals surface area contributed by atoms with Crippen LogP contribution in [-0.4, -0.2) is 36.3 Å². The van der Waals surface area contributed by atoms with Crippen LogP contribution in [0.1, 0.15) is 18.4 Å². The summed E-state index contributed by atoms with van der Waals surface area (Å²) in [6.07, 6.45) is 1.97. The van der Waals surface area contributed by atoms with Crippen molar-refractivity contribution in [1.82, 2.24) is 4.90 Å². The monoisotopic (exact) mass is 289 g/mol. The van der Waals surface area contributed by atoms with Crippen molar-refractivity contribution in [3.05, 3.63) is 35.9 Å². The Morgan fingerprint density at radius 2 is 1.81 bits per heavy atom. The fourth-order valence-corrected chi connectivity index (χ4v) is 2.81. The average Bonchev–Trinajstić information content (AvgIpc) is 2.53. The topological polar surface area (TPSA) is 89.4 Å². The van der Waals surface area contributed by atoms with Crippen LogP contribution in [0.25, 0.3) is 0 Å². The first kappa shape index (κ1) is 15.5. The van der Waals surface area contributed by atoms with Crippen LogP contribution in [0.4, 0.5) is 0 Å². The second kappa shape index (κ2) is 7.22. The minimum atomic E-state index is -0.262. The van der Waals surface area contributed by atoms with Gasteiger partial charge in [0.2, 0.25) is 11.8 Å². The summed E-state index contributed by atoms with van der Waals surface area (Å²) in [5, 5.41) is 0. The number of amides is 2. The maximum atomic E-state index is 12.5. The van der Waals surface area contributed by atoms with Crippen LogP contribution >= 0.6 is 0 Å². The van der Waals surface area contributed by atoms with Crippen molar-refractivity contribution >= 4 is 11.8 Å². The van der Waals surface area contributed by atoms with E-state index in [1.807, 2.05) is 35.2 Å². The van der Waals surface area contributed by atoms with Crippen LogP contribution in [-0.2, 0) is 16.0 Å². The van der Waals surface area contributed by atoms with Gasteiger partial charge in [-0.15, -0.1) is 0 Å². The summed E-state index contributed by atoms with van der Waals surface area (Å²) in [5.41, 5.74) is 12.2. The molecular weight excluding hydrogens is 266 g/mol. The van der Waals surface area contributed by atoms with E-state index in [1.54, 1.807) is 0 Å². The second-order valence-electron chi connectivity index (χ2n) is 5.62. The third-order valence-corrected chi connectivity index (χ3v) is 4.17. The van der Waals surface area contributed by atoms with Crippen molar-refractivity contribution in [1.29, 1.82) is 0 Å². The first-order valence-electron chi connectivity index (χ1n) is 7.44. The zero-order valence-electron chi connectivity index (χ0n) is 12.2. The zero-order chi connectivity index (χ0) is 15.2. The first-order chi connectivity index (χ1) is 10.1. The predicted molar refractivity (Wildman–Crippen MR) is 81.2 cm³/mol. The molecule has 0 aliphatic carbocycles. The molecule has 0 aromatic heterocycles. The van der Waals surface area contributed by atoms with Crippen molar-refractivity contribution < 1.29 is 9.59 Å². The number of carbonyl (C=O) groups excluding carboxylic acids is 2. The van der Waals surface area contributed by atoms with Crippen molar-refractivity contribution in [2.45, 2.75) is 19.3 Å². The highest BCUT2D eigenvalue weighted by atomic mass is 16.2. The molecule has 1 heterocycles. The third-order valence-electron chi connectivity index (χ3n) is 4.17. The SMILES string of the molecule is NCC(Cc1ccccc1)C(=O)N1CCC(C(N)=O)CC1. The van der Waals surface area contributed by atoms with Crippen molar-refractivity contribution in [2.24, 2.45) is 23.3 Å². The van der Waals surface area contributed by atoms with E-state index in [-0.39, 0.29) is 23.7 Å². The second-order valence-corrected chi connectivity index (χ2v) is 5.62. The number of nitrogens with two attached hydrogens (primary N) is 2. The smallest absolute Gasteiger partial charge is 0.227 e. The molecular formula is C16H23N3O2. The Labute approximate surface area is 125 Å². The van der Waals surface area contributed by atoms with Gasteiger partial charge in [0.05, 0.1) is 5.92 Å². The summed E-state index contributed by atoms with van der Waals surface area (Å²) in [4.78, 5) is 25.5. The summed E-state index contributed by atoms with van der Waals surface area (Å²) >= 11 is 0. The van der Waals surface area contributed by atoms with E-state index in [1.165, 1.54) is 0 Å². The molecule has 2 amide bonds. The highest BCUT2D eigenvalue weighted by Gasteiger charge is 2.29. The molecule has 0 radical (unpaired) electrons. The molecule has 0 saturated carbocycles. The van der Waals surface area contributed by atoms with Gasteiger partial charge < -0.3 is 16.4 Å². The van der Waals surface area contributed by atoms with Gasteiger partial charge in [0.15, 0.2) is 0 Å². The fraction of sp³-hybridized carbons (Fsp3) is 0.500. The summed E-state index contributed by atoms with van der Waals surface area (Å²) in [7, 11) is 0. The lowest BCUT2D eigenvalue weighted by atomic mass is 9.93. The first-order valence-corrected chi connectivity index (χ1v) is 7.44. The Bertz CT molecular complexity index is 482. The molecule has 1 fully saturated rings. The lowest BCUT2D eigenvalue weighted by Crippen LogP contribution is -2.46. The minimum absolute atomic E-state index is 0.0873. The Kier molecular flexibility index (Phi) is 5.33. The van der Waals surface area contributed by atoms with Gasteiger partial charge in [-0.1, -0.05) is 30.3 Å². The predicted octanol–water partition coefficient (Wildman–Crippen LogP) is 0.528. The molecule has 1 aromatic rings. The number of hydrogen-bond acceptors (Lipinski definition) is 3. The van der Waals surface area contributed by atoms with Crippen LogP contribution in [0.3, 0.4) is 0 Å². The molecule has 1 atom stereocenters. The quantitative estimate of drug-likeness (QED) is 0.828. The van der Waals surface area contributed by atoms with Crippen LogP contribution < -0.4 is 11.5 Å². The summed E-state index contributed by atoms with van der Waals surface area (Å²) in [6, 6.07) is 9.90. The highest BCUT2D eigenvalue weighted by molar-refractivity contribution is 5.80. The number of rotatable bonds is 5. The van der Waals surface area contributed by atoms with Gasteiger partial charge in [0, 0.05) is 25.6 Å². The Morgan fingerprint density at radius 3 is 2.33 bits per heavy atom. The average molecular weight is 289 g/mol. The molecule has 21 heavy (non-hydrogen) atoms. The Hall–Kier alpha value is -1.88. The van der Waals surface area contributed by atoms with Gasteiger partial charge in [0.25, 0.3) is 0 Å². The number of primary amides is 1. The zero-order valence-corrected chi connectivity index (χ0v) is 12.2. The standard InChI is InChI=1S/C16H23N3O2/c17-11-14(10-12-4-2-1-3-5-12)16(21)19-8-6-13(7-9-19)15(18)20/h1-5,13-14H,6-11,17H2,(H2,18,20). The molecule has 1 unspecified atom stereocenters. The minimum Gasteiger partial charge on any atom is -0.369 e. The molecule has 114 valence electrons. The number of carbonyl (C=O) groups is 2. The van der Waals surface area contributed by atoms with E-state index in [2.05, 4.69) is 0 Å². The van der Waals surface area contributed by atoms with Crippen LogP contribution in [0.15, 0.2) is 30.3 Å². The van der Waals surface area contributed by atoms with E-state index < -0.39 is 0 Å². The summed E-state index contributed by atoms with van der Waals surface area (Å²) in [5.74, 6) is -0.469. The fourth-order valence-electron chi connectivity index (χ4n) is 2.81. The Balaban J connectivity index is 1.93. The molecule has 0 spiro atoms. The van der Waals surface area contributed by atoms with Crippen molar-refractivity contribution in [3.8, 4) is 0 Å². The molecule has 1 aliphatic heterocycles. The molecule has 5 heteroatoms. The number of nitrogens with zero attached hydrogens (tertiary/aromatic N) is 1. The van der Waals surface area contributed by atoms with Gasteiger partial charge in [-0.3, -0.25) is 9.59 Å². The number of piperidine rings is 1. The van der Waals surface area contributed by atoms with Crippen LogP contribution in [0, 0.1) is 11.8 Å². The summed E-state index contributed by atoms with van der Waals surface area (Å²) in [6.45, 7) is 1.53. The highest BCUT2D eigenvalue weighted by Crippen LogP contribution is 2.19. The lowest BCUT2D eigenvalue weighted by molar-refractivity contribution is -0.138. The Morgan fingerprint density at radius 1 is 1.19 bits per heavy atom. The van der Waals surface area contributed by atoms with Gasteiger partial charge >= 0.3 is 0 Å². The molecule has 1 aromatic carbocycles. The van der Waals surface area contributed by atoms with Crippen molar-refractivity contribution in [2.75, 3.05) is 19.6 Å². The number of likely N-dealkylation sites (tertiary alicyclic amines) is 1. The number of hydrogen-bond donors (Lipinski definition) is 2. The van der Waals surface area contributed by atoms with E-state index in [4.69, 9.17) is 11.5 Å². The van der Waals surface area contributed by atoms with E-state index in [0.717, 1.165) is 5.56 Å². The molecule has 1 aliphatic rings. The third kappa shape index (κ3) is 4.04. The summed E-state index contributed by atoms with van der Waals surface area (Å²) < 4.78 is 0. The lowest BCUT2D eigenvalue weighted by Gasteiger charge is -2.33. The molecule has 0 bridgehead atoms. The van der Waals surface area contributed by atoms with Gasteiger partial charge in [-0.25, -0.2) is 0 Å². The van der Waals surface area contributed by atoms with E-state index in [9.17, 15) is 9.59 Å². The van der Waals surface area contributed by atoms with Gasteiger partial charge in [-0.05, 0) is 24.8 Å². The maximum Gasteiger partial charge on any atom is 0.227 e. The largest absolute Gasteiger partial charge is 0.369 e. The van der Waals surface area contributed by atoms with Gasteiger partial charge in [0.1, 0.15) is 0 Å².